The number of hydrogen-bond donors (Lipinski definition) is 1. The standard InChI is InChI=1S/C15H21N5S/c1-9-13(16-3)18-14(11-5-6-11)19-15(9)20(4)7-12-10(2)17-8-21-12/h8,11H,5-7H2,1-4H3,(H,16,18,19). The lowest BCUT2D eigenvalue weighted by molar-refractivity contribution is 0.848. The zero-order chi connectivity index (χ0) is 15.0. The van der Waals surface area contributed by atoms with Crippen molar-refractivity contribution in [3.63, 3.8) is 0 Å². The normalized spacial score (nSPS) is 14.3. The van der Waals surface area contributed by atoms with Gasteiger partial charge in [0.1, 0.15) is 17.5 Å². The Balaban J connectivity index is 1.92. The van der Waals surface area contributed by atoms with Gasteiger partial charge >= 0.3 is 0 Å². The Labute approximate surface area is 129 Å². The smallest absolute Gasteiger partial charge is 0.137 e. The molecule has 112 valence electrons. The lowest BCUT2D eigenvalue weighted by Gasteiger charge is -2.22. The van der Waals surface area contributed by atoms with Crippen LogP contribution >= 0.6 is 11.3 Å². The quantitative estimate of drug-likeness (QED) is 0.920. The molecule has 0 bridgehead atoms. The Kier molecular flexibility index (Phi) is 3.80. The minimum Gasteiger partial charge on any atom is -0.373 e. The van der Waals surface area contributed by atoms with Crippen LogP contribution in [0.25, 0.3) is 0 Å². The maximum atomic E-state index is 4.81. The molecule has 3 rings (SSSR count). The summed E-state index contributed by atoms with van der Waals surface area (Å²) in [5.74, 6) is 3.49. The average molecular weight is 303 g/mol. The van der Waals surface area contributed by atoms with Crippen LogP contribution in [0.15, 0.2) is 5.51 Å². The van der Waals surface area contributed by atoms with E-state index in [4.69, 9.17) is 4.98 Å². The molecule has 0 aromatic carbocycles. The van der Waals surface area contributed by atoms with E-state index in [0.717, 1.165) is 35.3 Å². The molecule has 1 saturated carbocycles. The highest BCUT2D eigenvalue weighted by atomic mass is 32.1. The van der Waals surface area contributed by atoms with Crippen LogP contribution in [-0.4, -0.2) is 29.0 Å². The van der Waals surface area contributed by atoms with Gasteiger partial charge in [-0.15, -0.1) is 11.3 Å². The summed E-state index contributed by atoms with van der Waals surface area (Å²) in [7, 11) is 4.01. The molecule has 1 fully saturated rings. The van der Waals surface area contributed by atoms with Crippen LogP contribution in [-0.2, 0) is 6.54 Å². The lowest BCUT2D eigenvalue weighted by Crippen LogP contribution is -2.20. The van der Waals surface area contributed by atoms with Gasteiger partial charge in [0.2, 0.25) is 0 Å². The molecular formula is C15H21N5S. The largest absolute Gasteiger partial charge is 0.373 e. The number of nitrogens with one attached hydrogen (secondary N) is 1. The summed E-state index contributed by atoms with van der Waals surface area (Å²) < 4.78 is 0. The van der Waals surface area contributed by atoms with Gasteiger partial charge in [-0.2, -0.15) is 0 Å². The third-order valence-electron chi connectivity index (χ3n) is 3.90. The van der Waals surface area contributed by atoms with E-state index in [2.05, 4.69) is 41.1 Å². The van der Waals surface area contributed by atoms with Crippen molar-refractivity contribution < 1.29 is 0 Å². The number of aryl methyl sites for hydroxylation is 1. The highest BCUT2D eigenvalue weighted by Crippen LogP contribution is 2.40. The second-order valence-electron chi connectivity index (χ2n) is 5.62. The fourth-order valence-corrected chi connectivity index (χ4v) is 3.26. The molecule has 1 aliphatic rings. The summed E-state index contributed by atoms with van der Waals surface area (Å²) in [6, 6.07) is 0. The molecule has 2 heterocycles. The monoisotopic (exact) mass is 303 g/mol. The molecule has 0 amide bonds. The first-order chi connectivity index (χ1) is 10.1. The van der Waals surface area contributed by atoms with Gasteiger partial charge in [0.25, 0.3) is 0 Å². The molecule has 21 heavy (non-hydrogen) atoms. The summed E-state index contributed by atoms with van der Waals surface area (Å²) >= 11 is 1.70. The molecular weight excluding hydrogens is 282 g/mol. The molecule has 6 heteroatoms. The third kappa shape index (κ3) is 2.85. The SMILES string of the molecule is CNc1nc(C2CC2)nc(N(C)Cc2scnc2C)c1C. The van der Waals surface area contributed by atoms with E-state index in [9.17, 15) is 0 Å². The fraction of sp³-hybridized carbons (Fsp3) is 0.533. The van der Waals surface area contributed by atoms with E-state index in [1.54, 1.807) is 11.3 Å². The maximum Gasteiger partial charge on any atom is 0.137 e. The Morgan fingerprint density at radius 1 is 1.33 bits per heavy atom. The Morgan fingerprint density at radius 2 is 2.10 bits per heavy atom. The summed E-state index contributed by atoms with van der Waals surface area (Å²) in [6.07, 6.45) is 2.42. The summed E-state index contributed by atoms with van der Waals surface area (Å²) in [5.41, 5.74) is 4.11. The van der Waals surface area contributed by atoms with Gasteiger partial charge in [0.15, 0.2) is 0 Å². The van der Waals surface area contributed by atoms with Crippen molar-refractivity contribution in [1.29, 1.82) is 0 Å². The molecule has 1 N–H and O–H groups in total. The second kappa shape index (κ2) is 5.60. The molecule has 1 aliphatic carbocycles. The minimum atomic E-state index is 0.551. The van der Waals surface area contributed by atoms with Crippen LogP contribution in [0.4, 0.5) is 11.6 Å². The summed E-state index contributed by atoms with van der Waals surface area (Å²) in [5, 5.41) is 3.20. The Morgan fingerprint density at radius 3 is 2.67 bits per heavy atom. The van der Waals surface area contributed by atoms with Crippen molar-refractivity contribution in [2.75, 3.05) is 24.3 Å². The predicted octanol–water partition coefficient (Wildman–Crippen LogP) is 3.11. The second-order valence-corrected chi connectivity index (χ2v) is 6.56. The topological polar surface area (TPSA) is 53.9 Å². The van der Waals surface area contributed by atoms with Gasteiger partial charge in [-0.25, -0.2) is 15.0 Å². The number of thiazole rings is 1. The molecule has 2 aromatic rings. The molecule has 5 nitrogen and oxygen atoms in total. The molecule has 0 aliphatic heterocycles. The average Bonchev–Trinajstić information content (AvgIpc) is 3.24. The Hall–Kier alpha value is -1.69. The van der Waals surface area contributed by atoms with Crippen LogP contribution in [0, 0.1) is 13.8 Å². The maximum absolute atomic E-state index is 4.81. The van der Waals surface area contributed by atoms with E-state index in [1.807, 2.05) is 12.6 Å². The van der Waals surface area contributed by atoms with Crippen LogP contribution < -0.4 is 10.2 Å². The lowest BCUT2D eigenvalue weighted by atomic mass is 10.2. The van der Waals surface area contributed by atoms with E-state index in [1.165, 1.54) is 17.7 Å². The number of aromatic nitrogens is 3. The third-order valence-corrected chi connectivity index (χ3v) is 4.82. The number of rotatable bonds is 5. The van der Waals surface area contributed by atoms with Gasteiger partial charge in [0.05, 0.1) is 17.7 Å². The molecule has 0 radical (unpaired) electrons. The molecule has 0 atom stereocenters. The minimum absolute atomic E-state index is 0.551. The zero-order valence-corrected chi connectivity index (χ0v) is 13.8. The van der Waals surface area contributed by atoms with Gasteiger partial charge < -0.3 is 10.2 Å². The number of anilines is 2. The van der Waals surface area contributed by atoms with E-state index >= 15 is 0 Å². The molecule has 0 saturated heterocycles. The van der Waals surface area contributed by atoms with Gasteiger partial charge in [-0.05, 0) is 26.7 Å². The van der Waals surface area contributed by atoms with Crippen molar-refractivity contribution in [1.82, 2.24) is 15.0 Å². The summed E-state index contributed by atoms with van der Waals surface area (Å²) in [4.78, 5) is 17.3. The van der Waals surface area contributed by atoms with Crippen molar-refractivity contribution in [3.8, 4) is 0 Å². The van der Waals surface area contributed by atoms with Crippen LogP contribution in [0.2, 0.25) is 0 Å². The number of hydrogen-bond acceptors (Lipinski definition) is 6. The predicted molar refractivity (Wildman–Crippen MR) is 87.2 cm³/mol. The highest BCUT2D eigenvalue weighted by molar-refractivity contribution is 7.09. The number of nitrogens with zero attached hydrogens (tertiary/aromatic N) is 4. The van der Waals surface area contributed by atoms with Gasteiger partial charge in [-0.3, -0.25) is 0 Å². The first kappa shape index (κ1) is 14.3. The van der Waals surface area contributed by atoms with E-state index < -0.39 is 0 Å². The first-order valence-corrected chi connectivity index (χ1v) is 8.14. The zero-order valence-electron chi connectivity index (χ0n) is 13.0. The molecule has 2 aromatic heterocycles. The Bertz CT molecular complexity index is 648. The highest BCUT2D eigenvalue weighted by Gasteiger charge is 2.28. The van der Waals surface area contributed by atoms with Crippen LogP contribution in [0.3, 0.4) is 0 Å². The molecule has 0 unspecified atom stereocenters. The van der Waals surface area contributed by atoms with Crippen molar-refractivity contribution in [3.05, 3.63) is 27.5 Å². The van der Waals surface area contributed by atoms with Crippen LogP contribution in [0.5, 0.6) is 0 Å². The van der Waals surface area contributed by atoms with Crippen molar-refractivity contribution >= 4 is 23.0 Å². The van der Waals surface area contributed by atoms with E-state index in [0.29, 0.717) is 5.92 Å². The van der Waals surface area contributed by atoms with Gasteiger partial charge in [0, 0.05) is 30.5 Å². The van der Waals surface area contributed by atoms with Gasteiger partial charge in [-0.1, -0.05) is 0 Å². The van der Waals surface area contributed by atoms with Crippen molar-refractivity contribution in [2.24, 2.45) is 0 Å². The van der Waals surface area contributed by atoms with Crippen molar-refractivity contribution in [2.45, 2.75) is 39.2 Å². The fourth-order valence-electron chi connectivity index (χ4n) is 2.43. The van der Waals surface area contributed by atoms with Crippen LogP contribution in [0.1, 0.15) is 40.7 Å². The first-order valence-electron chi connectivity index (χ1n) is 7.26. The van der Waals surface area contributed by atoms with E-state index in [-0.39, 0.29) is 0 Å². The summed E-state index contributed by atoms with van der Waals surface area (Å²) in [6.45, 7) is 4.97. The molecule has 0 spiro atoms.